The Morgan fingerprint density at radius 2 is 0.580 bits per heavy atom. The first kappa shape index (κ1) is 53.9. The Balaban J connectivity index is 0.931. The van der Waals surface area contributed by atoms with E-state index in [9.17, 15) is 0 Å². The van der Waals surface area contributed by atoms with Crippen molar-refractivity contribution in [2.45, 2.75) is 267 Å². The van der Waals surface area contributed by atoms with Crippen LogP contribution in [0, 0.1) is 76.4 Å². The number of hydrogen-bond acceptors (Lipinski definition) is 6. The smallest absolute Gasteiger partial charge is 0.312 e. The topological polar surface area (TPSA) is 55.4 Å². The summed E-state index contributed by atoms with van der Waals surface area (Å²) in [5.74, 6) is 9.13. The van der Waals surface area contributed by atoms with E-state index in [1.165, 1.54) is 128 Å². The Morgan fingerprint density at radius 3 is 0.797 bits per heavy atom. The fourth-order valence-corrected chi connectivity index (χ4v) is 31.9. The summed E-state index contributed by atoms with van der Waals surface area (Å²) in [4.78, 5) is 0. The second-order valence-corrected chi connectivity index (χ2v) is 55.6. The molecule has 0 aromatic carbocycles. The Bertz CT molecular complexity index is 1510. The third-order valence-corrected chi connectivity index (χ3v) is 36.0. The lowest BCUT2D eigenvalue weighted by atomic mass is 9.53. The third kappa shape index (κ3) is 11.0. The second-order valence-electron chi connectivity index (χ2n) is 31.4. The minimum absolute atomic E-state index is 0.253. The van der Waals surface area contributed by atoms with Crippen LogP contribution in [-0.2, 0) is 27.1 Å². The van der Waals surface area contributed by atoms with Crippen molar-refractivity contribution in [3.05, 3.63) is 0 Å². The summed E-state index contributed by atoms with van der Waals surface area (Å²) in [5.41, 5.74) is 2.40. The number of hydrogen-bond donors (Lipinski definition) is 0. The molecule has 2 saturated heterocycles. The van der Waals surface area contributed by atoms with Gasteiger partial charge in [0.05, 0.1) is 69.9 Å². The SMILES string of the molecule is CC(C)(COP1OC2C(C3CCCCC3CC2[Si](C)(C)C)C2C3CCCCC3CC([Si](C)(C)C)C2O1)COP1OC2C(C3CCCCC3CC2[Si](C)(C)C)C2C3CCCCC3CC([Si](C)(C)C)C2O1. The van der Waals surface area contributed by atoms with Crippen LogP contribution in [0.25, 0.3) is 0 Å². The number of fused-ring (bicyclic) bond motifs is 14. The van der Waals surface area contributed by atoms with Gasteiger partial charge in [-0.15, -0.1) is 0 Å². The normalized spacial score (nSPS) is 47.6. The average molecular weight is 1060 g/mol. The molecule has 0 bridgehead atoms. The molecule has 10 fully saturated rings. The molecule has 10 aliphatic rings. The van der Waals surface area contributed by atoms with Crippen LogP contribution in [0.1, 0.15) is 142 Å². The summed E-state index contributed by atoms with van der Waals surface area (Å²) >= 11 is 0. The molecule has 0 spiro atoms. The van der Waals surface area contributed by atoms with Gasteiger partial charge < -0.3 is 27.1 Å². The lowest BCUT2D eigenvalue weighted by molar-refractivity contribution is -0.0866. The summed E-state index contributed by atoms with van der Waals surface area (Å²) in [7, 11) is -9.33. The van der Waals surface area contributed by atoms with Gasteiger partial charge in [0.25, 0.3) is 0 Å². The maximum Gasteiger partial charge on any atom is 0.333 e. The zero-order valence-electron chi connectivity index (χ0n) is 46.9. The molecule has 396 valence electrons. The quantitative estimate of drug-likeness (QED) is 0.161. The highest BCUT2D eigenvalue weighted by Crippen LogP contribution is 2.70. The largest absolute Gasteiger partial charge is 0.333 e. The van der Waals surface area contributed by atoms with Crippen molar-refractivity contribution in [2.75, 3.05) is 13.2 Å². The van der Waals surface area contributed by atoms with Crippen molar-refractivity contribution < 1.29 is 27.1 Å². The maximum absolute atomic E-state index is 7.73. The summed E-state index contributed by atoms with van der Waals surface area (Å²) in [6.45, 7) is 37.8. The lowest BCUT2D eigenvalue weighted by Gasteiger charge is -2.59. The van der Waals surface area contributed by atoms with Gasteiger partial charge in [0.1, 0.15) is 0 Å². The molecule has 0 aromatic heterocycles. The van der Waals surface area contributed by atoms with E-state index < -0.39 is 49.5 Å². The van der Waals surface area contributed by atoms with Crippen LogP contribution in [0.3, 0.4) is 0 Å². The van der Waals surface area contributed by atoms with Crippen LogP contribution in [0.2, 0.25) is 101 Å². The zero-order chi connectivity index (χ0) is 49.0. The van der Waals surface area contributed by atoms with Gasteiger partial charge in [0.2, 0.25) is 0 Å². The van der Waals surface area contributed by atoms with Gasteiger partial charge in [-0.05, 0) is 145 Å². The maximum atomic E-state index is 7.73. The molecule has 6 nitrogen and oxygen atoms in total. The molecular formula is C57H106O6P2Si4. The Kier molecular flexibility index (Phi) is 16.2. The van der Waals surface area contributed by atoms with Gasteiger partial charge in [-0.25, -0.2) is 0 Å². The van der Waals surface area contributed by atoms with E-state index in [1.807, 2.05) is 0 Å². The molecule has 69 heavy (non-hydrogen) atoms. The van der Waals surface area contributed by atoms with Crippen molar-refractivity contribution in [1.29, 1.82) is 0 Å². The zero-order valence-corrected chi connectivity index (χ0v) is 52.7. The third-order valence-electron chi connectivity index (χ3n) is 22.5. The van der Waals surface area contributed by atoms with Gasteiger partial charge in [-0.3, -0.25) is 0 Å². The van der Waals surface area contributed by atoms with E-state index >= 15 is 0 Å². The fourth-order valence-electron chi connectivity index (χ4n) is 19.1. The summed E-state index contributed by atoms with van der Waals surface area (Å²) in [6, 6.07) is 0. The molecule has 0 aromatic rings. The summed E-state index contributed by atoms with van der Waals surface area (Å²) in [5, 5.41) is 0. The van der Waals surface area contributed by atoms with Gasteiger partial charge >= 0.3 is 17.2 Å². The second kappa shape index (κ2) is 20.7. The van der Waals surface area contributed by atoms with E-state index in [0.717, 1.165) is 47.3 Å². The minimum atomic E-state index is -1.58. The van der Waals surface area contributed by atoms with Crippen molar-refractivity contribution in [1.82, 2.24) is 0 Å². The molecule has 2 heterocycles. The first-order chi connectivity index (χ1) is 32.5. The first-order valence-electron chi connectivity index (χ1n) is 30.0. The highest BCUT2D eigenvalue weighted by atomic mass is 31.2. The Labute approximate surface area is 431 Å². The Hall–Kier alpha value is 1.49. The first-order valence-corrected chi connectivity index (χ1v) is 46.5. The van der Waals surface area contributed by atoms with Crippen LogP contribution in [-0.4, -0.2) is 69.9 Å². The van der Waals surface area contributed by atoms with Crippen molar-refractivity contribution in [2.24, 2.45) is 76.4 Å². The molecule has 8 saturated carbocycles. The van der Waals surface area contributed by atoms with Gasteiger partial charge in [0.15, 0.2) is 0 Å². The molecule has 8 aliphatic carbocycles. The van der Waals surface area contributed by atoms with Crippen LogP contribution >= 0.6 is 17.2 Å². The monoisotopic (exact) mass is 1060 g/mol. The lowest BCUT2D eigenvalue weighted by Crippen LogP contribution is -2.58. The predicted octanol–water partition coefficient (Wildman–Crippen LogP) is 18.2. The van der Waals surface area contributed by atoms with Gasteiger partial charge in [0, 0.05) is 5.41 Å². The minimum Gasteiger partial charge on any atom is -0.312 e. The molecule has 20 unspecified atom stereocenters. The molecule has 0 amide bonds. The highest BCUT2D eigenvalue weighted by molar-refractivity contribution is 7.42. The molecule has 0 radical (unpaired) electrons. The standard InChI is InChI=1S/C57H106O6P2Si4/c1-57(2,35-58-64-60-53-45(66(3,4)5)31-37-23-15-19-27-41(37)49(53)50-42-28-20-16-24-38(42)32-46(54(50)61-64)67(6,7)8)36-59-65-62-55-47(68(9,10)11)33-39-25-17-21-29-43(39)51(55)52-44-30-22-18-26-40(44)34-48(56(52)63-65)69(12,13)14/h37-56H,15-36H2,1-14H3. The van der Waals surface area contributed by atoms with E-state index in [0.29, 0.717) is 59.1 Å². The van der Waals surface area contributed by atoms with E-state index in [4.69, 9.17) is 27.1 Å². The van der Waals surface area contributed by atoms with Crippen molar-refractivity contribution in [3.63, 3.8) is 0 Å². The van der Waals surface area contributed by atoms with Crippen molar-refractivity contribution in [3.8, 4) is 0 Å². The molecule has 12 heteroatoms. The molecule has 0 N–H and O–H groups in total. The van der Waals surface area contributed by atoms with Crippen LogP contribution in [0.4, 0.5) is 0 Å². The fraction of sp³-hybridized carbons (Fsp3) is 1.00. The van der Waals surface area contributed by atoms with E-state index in [1.54, 1.807) is 0 Å². The molecule has 20 atom stereocenters. The molecule has 10 rings (SSSR count). The van der Waals surface area contributed by atoms with Gasteiger partial charge in [-0.1, -0.05) is 169 Å². The van der Waals surface area contributed by atoms with E-state index in [-0.39, 0.29) is 29.8 Å². The predicted molar refractivity (Wildman–Crippen MR) is 302 cm³/mol. The molecule has 2 aliphatic heterocycles. The summed E-state index contributed by atoms with van der Waals surface area (Å²) < 4.78 is 45.5. The highest BCUT2D eigenvalue weighted by Gasteiger charge is 2.64. The van der Waals surface area contributed by atoms with Crippen molar-refractivity contribution >= 4 is 49.5 Å². The van der Waals surface area contributed by atoms with Crippen LogP contribution in [0.5, 0.6) is 0 Å². The van der Waals surface area contributed by atoms with Crippen LogP contribution < -0.4 is 0 Å². The number of rotatable bonds is 10. The van der Waals surface area contributed by atoms with E-state index in [2.05, 4.69) is 92.4 Å². The average Bonchev–Trinajstić information content (AvgIpc) is 3.57. The van der Waals surface area contributed by atoms with Crippen LogP contribution in [0.15, 0.2) is 0 Å². The summed E-state index contributed by atoms with van der Waals surface area (Å²) in [6.07, 6.45) is 29.3. The molecular weight excluding hydrogens is 955 g/mol. The Morgan fingerprint density at radius 1 is 0.362 bits per heavy atom. The van der Waals surface area contributed by atoms with Gasteiger partial charge in [-0.2, -0.15) is 0 Å².